The first-order valence-corrected chi connectivity index (χ1v) is 8.49. The minimum absolute atomic E-state index is 0. The number of hydrogen-bond acceptors (Lipinski definition) is 3. The predicted octanol–water partition coefficient (Wildman–Crippen LogP) is 2.11. The van der Waals surface area contributed by atoms with E-state index in [0.717, 1.165) is 38.0 Å². The van der Waals surface area contributed by atoms with Crippen LogP contribution >= 0.6 is 24.0 Å². The number of benzene rings is 1. The van der Waals surface area contributed by atoms with Gasteiger partial charge in [0.2, 0.25) is 5.91 Å². The van der Waals surface area contributed by atoms with Gasteiger partial charge in [0.25, 0.3) is 5.91 Å². The van der Waals surface area contributed by atoms with E-state index in [1.54, 1.807) is 12.1 Å². The van der Waals surface area contributed by atoms with Crippen molar-refractivity contribution in [1.29, 1.82) is 0 Å². The van der Waals surface area contributed by atoms with Crippen LogP contribution in [0.3, 0.4) is 0 Å². The Kier molecular flexibility index (Phi) is 6.49. The maximum atomic E-state index is 12.7. The van der Waals surface area contributed by atoms with Gasteiger partial charge in [-0.1, -0.05) is 11.6 Å². The van der Waals surface area contributed by atoms with Gasteiger partial charge in [0.05, 0.1) is 6.54 Å². The monoisotopic (exact) mass is 371 g/mol. The number of halogens is 2. The highest BCUT2D eigenvalue weighted by Crippen LogP contribution is 2.21. The summed E-state index contributed by atoms with van der Waals surface area (Å²) in [6.45, 7) is 5.22. The number of amides is 2. The van der Waals surface area contributed by atoms with Crippen LogP contribution in [0.25, 0.3) is 0 Å². The molecule has 0 saturated carbocycles. The molecule has 0 aromatic heterocycles. The SMILES string of the molecule is Cc1cc(C(=O)N2CCCC(N3CCNCC3=O)C2)ccc1Cl.Cl. The van der Waals surface area contributed by atoms with E-state index in [4.69, 9.17) is 11.6 Å². The van der Waals surface area contributed by atoms with Gasteiger partial charge in [0, 0.05) is 42.8 Å². The molecule has 7 heteroatoms. The van der Waals surface area contributed by atoms with Crippen LogP contribution in [0.1, 0.15) is 28.8 Å². The molecule has 1 N–H and O–H groups in total. The Bertz CT molecular complexity index is 624. The maximum Gasteiger partial charge on any atom is 0.253 e. The zero-order valence-corrected chi connectivity index (χ0v) is 15.3. The van der Waals surface area contributed by atoms with E-state index in [2.05, 4.69) is 5.32 Å². The smallest absolute Gasteiger partial charge is 0.253 e. The summed E-state index contributed by atoms with van der Waals surface area (Å²) in [5, 5.41) is 3.76. The fraction of sp³-hybridized carbons (Fsp3) is 0.529. The number of aryl methyl sites for hydroxylation is 1. The van der Waals surface area contributed by atoms with Crippen molar-refractivity contribution in [2.75, 3.05) is 32.7 Å². The number of piperazine rings is 1. The van der Waals surface area contributed by atoms with Gasteiger partial charge in [-0.3, -0.25) is 9.59 Å². The van der Waals surface area contributed by atoms with E-state index in [-0.39, 0.29) is 30.3 Å². The second-order valence-electron chi connectivity index (χ2n) is 6.28. The van der Waals surface area contributed by atoms with Gasteiger partial charge < -0.3 is 15.1 Å². The quantitative estimate of drug-likeness (QED) is 0.865. The molecule has 2 fully saturated rings. The first-order valence-electron chi connectivity index (χ1n) is 8.12. The van der Waals surface area contributed by atoms with Crippen LogP contribution in [0.15, 0.2) is 18.2 Å². The van der Waals surface area contributed by atoms with Crippen molar-refractivity contribution in [1.82, 2.24) is 15.1 Å². The van der Waals surface area contributed by atoms with Gasteiger partial charge in [-0.2, -0.15) is 0 Å². The largest absolute Gasteiger partial charge is 0.337 e. The number of hydrogen-bond donors (Lipinski definition) is 1. The lowest BCUT2D eigenvalue weighted by Gasteiger charge is -2.41. The zero-order valence-electron chi connectivity index (χ0n) is 13.8. The van der Waals surface area contributed by atoms with Crippen molar-refractivity contribution in [3.8, 4) is 0 Å². The first kappa shape index (κ1) is 19.0. The summed E-state index contributed by atoms with van der Waals surface area (Å²) < 4.78 is 0. The lowest BCUT2D eigenvalue weighted by molar-refractivity contribution is -0.135. The van der Waals surface area contributed by atoms with E-state index in [1.807, 2.05) is 22.8 Å². The highest BCUT2D eigenvalue weighted by atomic mass is 35.5. The summed E-state index contributed by atoms with van der Waals surface area (Å²) in [6.07, 6.45) is 1.90. The van der Waals surface area contributed by atoms with Crippen LogP contribution in [-0.2, 0) is 4.79 Å². The van der Waals surface area contributed by atoms with Gasteiger partial charge in [-0.05, 0) is 43.5 Å². The van der Waals surface area contributed by atoms with Gasteiger partial charge in [-0.15, -0.1) is 12.4 Å². The molecular formula is C17H23Cl2N3O2. The number of nitrogens with one attached hydrogen (secondary N) is 1. The molecule has 2 aliphatic heterocycles. The molecule has 1 unspecified atom stereocenters. The predicted molar refractivity (Wildman–Crippen MR) is 96.9 cm³/mol. The minimum Gasteiger partial charge on any atom is -0.337 e. The molecule has 0 aliphatic carbocycles. The Balaban J connectivity index is 0.00000208. The average molecular weight is 372 g/mol. The molecule has 1 aromatic carbocycles. The number of likely N-dealkylation sites (tertiary alicyclic amines) is 1. The Morgan fingerprint density at radius 3 is 2.83 bits per heavy atom. The van der Waals surface area contributed by atoms with Crippen LogP contribution in [0.5, 0.6) is 0 Å². The fourth-order valence-electron chi connectivity index (χ4n) is 3.36. The molecule has 5 nitrogen and oxygen atoms in total. The molecule has 0 radical (unpaired) electrons. The van der Waals surface area contributed by atoms with Crippen LogP contribution < -0.4 is 5.32 Å². The molecule has 132 valence electrons. The Morgan fingerprint density at radius 1 is 1.33 bits per heavy atom. The summed E-state index contributed by atoms with van der Waals surface area (Å²) in [7, 11) is 0. The van der Waals surface area contributed by atoms with E-state index in [0.29, 0.717) is 23.7 Å². The molecule has 2 aliphatic rings. The molecule has 24 heavy (non-hydrogen) atoms. The van der Waals surface area contributed by atoms with E-state index >= 15 is 0 Å². The van der Waals surface area contributed by atoms with Crippen LogP contribution in [0.4, 0.5) is 0 Å². The molecule has 3 rings (SSSR count). The molecule has 0 spiro atoms. The number of carbonyl (C=O) groups excluding carboxylic acids is 2. The van der Waals surface area contributed by atoms with Gasteiger partial charge in [0.15, 0.2) is 0 Å². The maximum absolute atomic E-state index is 12.7. The number of carbonyl (C=O) groups is 2. The van der Waals surface area contributed by atoms with Crippen LogP contribution in [0, 0.1) is 6.92 Å². The van der Waals surface area contributed by atoms with Crippen molar-refractivity contribution in [3.05, 3.63) is 34.3 Å². The van der Waals surface area contributed by atoms with Crippen molar-refractivity contribution in [3.63, 3.8) is 0 Å². The standard InChI is InChI=1S/C17H22ClN3O2.ClH/c1-12-9-13(4-5-15(12)18)17(23)20-7-2-3-14(11-20)21-8-6-19-10-16(21)22;/h4-5,9,14,19H,2-3,6-8,10-11H2,1H3;1H. The van der Waals surface area contributed by atoms with Crippen LogP contribution in [0.2, 0.25) is 5.02 Å². The van der Waals surface area contributed by atoms with E-state index < -0.39 is 0 Å². The van der Waals surface area contributed by atoms with Gasteiger partial charge in [-0.25, -0.2) is 0 Å². The number of rotatable bonds is 2. The minimum atomic E-state index is 0. The van der Waals surface area contributed by atoms with Gasteiger partial charge >= 0.3 is 0 Å². The zero-order chi connectivity index (χ0) is 16.4. The summed E-state index contributed by atoms with van der Waals surface area (Å²) in [5.41, 5.74) is 1.57. The second kappa shape index (κ2) is 8.19. The fourth-order valence-corrected chi connectivity index (χ4v) is 3.48. The van der Waals surface area contributed by atoms with Crippen molar-refractivity contribution in [2.24, 2.45) is 0 Å². The molecule has 2 amide bonds. The van der Waals surface area contributed by atoms with E-state index in [1.165, 1.54) is 0 Å². The summed E-state index contributed by atoms with van der Waals surface area (Å²) in [5.74, 6) is 0.162. The Morgan fingerprint density at radius 2 is 2.12 bits per heavy atom. The highest BCUT2D eigenvalue weighted by molar-refractivity contribution is 6.31. The molecule has 0 bridgehead atoms. The Hall–Kier alpha value is -1.30. The molecule has 1 aromatic rings. The molecule has 2 heterocycles. The lowest BCUT2D eigenvalue weighted by Crippen LogP contribution is -2.57. The van der Waals surface area contributed by atoms with E-state index in [9.17, 15) is 9.59 Å². The molecule has 2 saturated heterocycles. The summed E-state index contributed by atoms with van der Waals surface area (Å²) in [4.78, 5) is 28.6. The first-order chi connectivity index (χ1) is 11.1. The third kappa shape index (κ3) is 4.02. The second-order valence-corrected chi connectivity index (χ2v) is 6.68. The van der Waals surface area contributed by atoms with Crippen molar-refractivity contribution in [2.45, 2.75) is 25.8 Å². The molecule has 1 atom stereocenters. The average Bonchev–Trinajstić information content (AvgIpc) is 2.57. The lowest BCUT2D eigenvalue weighted by atomic mass is 10.0. The normalized spacial score (nSPS) is 21.4. The number of nitrogens with zero attached hydrogens (tertiary/aromatic N) is 2. The highest BCUT2D eigenvalue weighted by Gasteiger charge is 2.31. The summed E-state index contributed by atoms with van der Waals surface area (Å²) >= 11 is 6.04. The topological polar surface area (TPSA) is 52.7 Å². The van der Waals surface area contributed by atoms with Gasteiger partial charge in [0.1, 0.15) is 0 Å². The van der Waals surface area contributed by atoms with Crippen molar-refractivity contribution >= 4 is 35.8 Å². The van der Waals surface area contributed by atoms with Crippen LogP contribution in [-0.4, -0.2) is 60.4 Å². The molecular weight excluding hydrogens is 349 g/mol. The third-order valence-corrected chi connectivity index (χ3v) is 5.08. The third-order valence-electron chi connectivity index (χ3n) is 4.66. The van der Waals surface area contributed by atoms with Crippen molar-refractivity contribution < 1.29 is 9.59 Å². The Labute approximate surface area is 153 Å². The summed E-state index contributed by atoms with van der Waals surface area (Å²) in [6, 6.07) is 5.52. The number of piperidine rings is 1.